The highest BCUT2D eigenvalue weighted by Gasteiger charge is 2.23. The van der Waals surface area contributed by atoms with Gasteiger partial charge in [-0.3, -0.25) is 9.69 Å². The van der Waals surface area contributed by atoms with Crippen molar-refractivity contribution in [2.75, 3.05) is 6.54 Å². The first kappa shape index (κ1) is 14.6. The van der Waals surface area contributed by atoms with Crippen LogP contribution in [0, 0.1) is 11.6 Å². The van der Waals surface area contributed by atoms with Gasteiger partial charge in [0.05, 0.1) is 6.54 Å². The van der Waals surface area contributed by atoms with Crippen LogP contribution in [0.25, 0.3) is 0 Å². The maximum atomic E-state index is 13.6. The van der Waals surface area contributed by atoms with Gasteiger partial charge in [0.25, 0.3) is 0 Å². The first-order valence-electron chi connectivity index (χ1n) is 5.75. The predicted octanol–water partition coefficient (Wildman–Crippen LogP) is 2.82. The molecule has 0 amide bonds. The van der Waals surface area contributed by atoms with E-state index in [0.29, 0.717) is 0 Å². The molecule has 0 aliphatic rings. The molecule has 0 saturated carbocycles. The summed E-state index contributed by atoms with van der Waals surface area (Å²) >= 11 is 0. The van der Waals surface area contributed by atoms with Crippen molar-refractivity contribution in [1.29, 1.82) is 0 Å². The third-order valence-electron chi connectivity index (χ3n) is 2.89. The van der Waals surface area contributed by atoms with Crippen molar-refractivity contribution < 1.29 is 18.7 Å². The summed E-state index contributed by atoms with van der Waals surface area (Å²) in [4.78, 5) is 12.4. The average molecular weight is 257 g/mol. The molecule has 0 bridgehead atoms. The summed E-state index contributed by atoms with van der Waals surface area (Å²) < 4.78 is 26.8. The molecule has 3 nitrogen and oxygen atoms in total. The van der Waals surface area contributed by atoms with E-state index in [0.717, 1.165) is 18.2 Å². The molecule has 0 spiro atoms. The molecule has 0 saturated heterocycles. The number of benzene rings is 1. The van der Waals surface area contributed by atoms with Crippen LogP contribution in [0.2, 0.25) is 0 Å². The summed E-state index contributed by atoms with van der Waals surface area (Å²) in [6.07, 6.45) is 0. The van der Waals surface area contributed by atoms with Crippen LogP contribution >= 0.6 is 0 Å². The van der Waals surface area contributed by atoms with Crippen LogP contribution in [0.3, 0.4) is 0 Å². The molecule has 1 unspecified atom stereocenters. The van der Waals surface area contributed by atoms with Crippen LogP contribution in [0.4, 0.5) is 8.78 Å². The molecule has 1 aromatic rings. The third-order valence-corrected chi connectivity index (χ3v) is 2.89. The Morgan fingerprint density at radius 2 is 1.94 bits per heavy atom. The molecule has 0 aromatic heterocycles. The number of carboxylic acid groups (broad SMARTS) is 1. The fourth-order valence-corrected chi connectivity index (χ4v) is 1.94. The largest absolute Gasteiger partial charge is 0.480 e. The second kappa shape index (κ2) is 5.91. The SMILES string of the molecule is CC(C)N(CC(=O)O)C(C)c1cc(F)ccc1F. The van der Waals surface area contributed by atoms with Crippen molar-refractivity contribution in [3.05, 3.63) is 35.4 Å². The molecule has 0 heterocycles. The molecule has 0 fully saturated rings. The van der Waals surface area contributed by atoms with Gasteiger partial charge in [-0.25, -0.2) is 8.78 Å². The quantitative estimate of drug-likeness (QED) is 0.881. The highest BCUT2D eigenvalue weighted by Crippen LogP contribution is 2.25. The van der Waals surface area contributed by atoms with E-state index in [9.17, 15) is 13.6 Å². The van der Waals surface area contributed by atoms with Crippen molar-refractivity contribution in [3.63, 3.8) is 0 Å². The lowest BCUT2D eigenvalue weighted by Gasteiger charge is -2.31. The van der Waals surface area contributed by atoms with Crippen LogP contribution in [0.1, 0.15) is 32.4 Å². The van der Waals surface area contributed by atoms with E-state index in [2.05, 4.69) is 0 Å². The van der Waals surface area contributed by atoms with Crippen molar-refractivity contribution in [1.82, 2.24) is 4.90 Å². The van der Waals surface area contributed by atoms with Crippen molar-refractivity contribution in [3.8, 4) is 0 Å². The van der Waals surface area contributed by atoms with Crippen LogP contribution in [0.5, 0.6) is 0 Å². The first-order chi connectivity index (χ1) is 8.32. The van der Waals surface area contributed by atoms with E-state index in [1.54, 1.807) is 11.8 Å². The molecule has 1 N–H and O–H groups in total. The van der Waals surface area contributed by atoms with E-state index in [1.807, 2.05) is 13.8 Å². The lowest BCUT2D eigenvalue weighted by molar-refractivity contribution is -0.139. The molecule has 100 valence electrons. The smallest absolute Gasteiger partial charge is 0.317 e. The van der Waals surface area contributed by atoms with E-state index in [1.165, 1.54) is 0 Å². The Morgan fingerprint density at radius 3 is 2.44 bits per heavy atom. The fourth-order valence-electron chi connectivity index (χ4n) is 1.94. The summed E-state index contributed by atoms with van der Waals surface area (Å²) in [7, 11) is 0. The Hall–Kier alpha value is -1.49. The molecule has 0 aliphatic carbocycles. The zero-order valence-electron chi connectivity index (χ0n) is 10.7. The highest BCUT2D eigenvalue weighted by atomic mass is 19.1. The van der Waals surface area contributed by atoms with Gasteiger partial charge in [-0.05, 0) is 39.0 Å². The number of hydrogen-bond acceptors (Lipinski definition) is 2. The number of halogens is 2. The Morgan fingerprint density at radius 1 is 1.33 bits per heavy atom. The van der Waals surface area contributed by atoms with Gasteiger partial charge in [-0.15, -0.1) is 0 Å². The lowest BCUT2D eigenvalue weighted by Crippen LogP contribution is -2.38. The average Bonchev–Trinajstić information content (AvgIpc) is 2.27. The number of rotatable bonds is 5. The van der Waals surface area contributed by atoms with Crippen molar-refractivity contribution in [2.45, 2.75) is 32.9 Å². The van der Waals surface area contributed by atoms with Crippen LogP contribution < -0.4 is 0 Å². The second-order valence-electron chi connectivity index (χ2n) is 4.50. The summed E-state index contributed by atoms with van der Waals surface area (Å²) in [5.41, 5.74) is 0.171. The highest BCUT2D eigenvalue weighted by molar-refractivity contribution is 5.69. The molecule has 1 atom stereocenters. The molecular weight excluding hydrogens is 240 g/mol. The van der Waals surface area contributed by atoms with Gasteiger partial charge in [-0.1, -0.05) is 0 Å². The summed E-state index contributed by atoms with van der Waals surface area (Å²) in [5, 5.41) is 8.84. The fraction of sp³-hybridized carbons (Fsp3) is 0.462. The molecule has 1 rings (SSSR count). The van der Waals surface area contributed by atoms with Crippen LogP contribution in [-0.2, 0) is 4.79 Å². The first-order valence-corrected chi connectivity index (χ1v) is 5.75. The van der Waals surface area contributed by atoms with E-state index < -0.39 is 23.6 Å². The Kier molecular flexibility index (Phi) is 4.78. The van der Waals surface area contributed by atoms with E-state index in [4.69, 9.17) is 5.11 Å². The van der Waals surface area contributed by atoms with Crippen LogP contribution in [0.15, 0.2) is 18.2 Å². The van der Waals surface area contributed by atoms with Gasteiger partial charge < -0.3 is 5.11 Å². The molecule has 5 heteroatoms. The normalized spacial score (nSPS) is 13.1. The monoisotopic (exact) mass is 257 g/mol. The molecule has 1 aromatic carbocycles. The maximum Gasteiger partial charge on any atom is 0.317 e. The van der Waals surface area contributed by atoms with Gasteiger partial charge in [0.2, 0.25) is 0 Å². The zero-order valence-corrected chi connectivity index (χ0v) is 10.7. The third kappa shape index (κ3) is 3.50. The van der Waals surface area contributed by atoms with Crippen molar-refractivity contribution >= 4 is 5.97 Å². The number of hydrogen-bond donors (Lipinski definition) is 1. The van der Waals surface area contributed by atoms with Gasteiger partial charge in [0.1, 0.15) is 11.6 Å². The predicted molar refractivity (Wildman–Crippen MR) is 64.3 cm³/mol. The number of aliphatic carboxylic acids is 1. The van der Waals surface area contributed by atoms with Gasteiger partial charge in [0.15, 0.2) is 0 Å². The van der Waals surface area contributed by atoms with Gasteiger partial charge >= 0.3 is 5.97 Å². The molecule has 0 aliphatic heterocycles. The summed E-state index contributed by atoms with van der Waals surface area (Å²) in [6.45, 7) is 5.09. The Bertz CT molecular complexity index is 435. The Labute approximate surface area is 105 Å². The second-order valence-corrected chi connectivity index (χ2v) is 4.50. The number of carboxylic acids is 1. The number of carbonyl (C=O) groups is 1. The summed E-state index contributed by atoms with van der Waals surface area (Å²) in [5.74, 6) is -2.05. The minimum absolute atomic E-state index is 0.0845. The topological polar surface area (TPSA) is 40.5 Å². The molecular formula is C13H17F2NO2. The minimum atomic E-state index is -0.993. The van der Waals surface area contributed by atoms with Gasteiger partial charge in [-0.2, -0.15) is 0 Å². The zero-order chi connectivity index (χ0) is 13.9. The van der Waals surface area contributed by atoms with Gasteiger partial charge in [0, 0.05) is 17.6 Å². The maximum absolute atomic E-state index is 13.6. The number of nitrogens with zero attached hydrogens (tertiary/aromatic N) is 1. The van der Waals surface area contributed by atoms with E-state index in [-0.39, 0.29) is 18.2 Å². The standard InChI is InChI=1S/C13H17F2NO2/c1-8(2)16(7-13(17)18)9(3)11-6-10(14)4-5-12(11)15/h4-6,8-9H,7H2,1-3H3,(H,17,18). The minimum Gasteiger partial charge on any atom is -0.480 e. The summed E-state index contributed by atoms with van der Waals surface area (Å²) in [6, 6.07) is 2.62. The molecule has 0 radical (unpaired) electrons. The Balaban J connectivity index is 3.04. The lowest BCUT2D eigenvalue weighted by atomic mass is 10.0. The van der Waals surface area contributed by atoms with Crippen LogP contribution in [-0.4, -0.2) is 28.6 Å². The van der Waals surface area contributed by atoms with Crippen molar-refractivity contribution in [2.24, 2.45) is 0 Å². The van der Waals surface area contributed by atoms with E-state index >= 15 is 0 Å². The molecule has 18 heavy (non-hydrogen) atoms.